The third-order valence-corrected chi connectivity index (χ3v) is 7.04. The van der Waals surface area contributed by atoms with Gasteiger partial charge in [-0.3, -0.25) is 14.9 Å². The molecule has 5 aromatic rings. The van der Waals surface area contributed by atoms with Crippen molar-refractivity contribution >= 4 is 49.6 Å². The van der Waals surface area contributed by atoms with E-state index in [9.17, 15) is 14.9 Å². The van der Waals surface area contributed by atoms with E-state index >= 15 is 0 Å². The minimum absolute atomic E-state index is 0.0618. The first kappa shape index (κ1) is 25.5. The topological polar surface area (TPSA) is 95.3 Å². The number of fused-ring (bicyclic) bond motifs is 2. The lowest BCUT2D eigenvalue weighted by atomic mass is 9.95. The van der Waals surface area contributed by atoms with Gasteiger partial charge in [0, 0.05) is 50.7 Å². The lowest BCUT2D eigenvalue weighted by Gasteiger charge is -2.20. The van der Waals surface area contributed by atoms with Crippen molar-refractivity contribution in [3.8, 4) is 0 Å². The Bertz CT molecular complexity index is 1790. The second-order valence-electron chi connectivity index (χ2n) is 10.2. The molecule has 5 rings (SSSR count). The van der Waals surface area contributed by atoms with Crippen molar-refractivity contribution in [2.45, 2.75) is 39.7 Å². The molecular formula is C29H26BrN5O3. The number of halogens is 1. The number of benzene rings is 3. The summed E-state index contributed by atoms with van der Waals surface area (Å²) in [4.78, 5) is 29.0. The van der Waals surface area contributed by atoms with Crippen molar-refractivity contribution in [2.24, 2.45) is 5.10 Å². The number of hydrogen-bond acceptors (Lipinski definition) is 5. The summed E-state index contributed by atoms with van der Waals surface area (Å²) in [5.41, 5.74) is 3.85. The Hall–Kier alpha value is -4.11. The molecule has 0 amide bonds. The highest BCUT2D eigenvalue weighted by Crippen LogP contribution is 2.27. The molecule has 0 spiro atoms. The Balaban J connectivity index is 1.64. The van der Waals surface area contributed by atoms with Crippen molar-refractivity contribution in [1.82, 2.24) is 14.2 Å². The van der Waals surface area contributed by atoms with Crippen LogP contribution in [-0.2, 0) is 12.0 Å². The quantitative estimate of drug-likeness (QED) is 0.135. The van der Waals surface area contributed by atoms with Gasteiger partial charge in [-0.05, 0) is 36.8 Å². The third-order valence-electron chi connectivity index (χ3n) is 6.55. The first-order valence-electron chi connectivity index (χ1n) is 12.1. The molecular weight excluding hydrogens is 546 g/mol. The smallest absolute Gasteiger partial charge is 0.282 e. The molecule has 0 atom stereocenters. The predicted molar refractivity (Wildman–Crippen MR) is 154 cm³/mol. The maximum atomic E-state index is 13.6. The van der Waals surface area contributed by atoms with E-state index in [0.717, 1.165) is 32.2 Å². The van der Waals surface area contributed by atoms with Crippen molar-refractivity contribution in [3.63, 3.8) is 0 Å². The van der Waals surface area contributed by atoms with E-state index in [1.807, 2.05) is 64.1 Å². The number of aromatic nitrogens is 3. The summed E-state index contributed by atoms with van der Waals surface area (Å²) in [6, 6.07) is 20.1. The summed E-state index contributed by atoms with van der Waals surface area (Å²) in [7, 11) is 0. The summed E-state index contributed by atoms with van der Waals surface area (Å²) in [6.07, 6.45) is 1.73. The van der Waals surface area contributed by atoms with E-state index < -0.39 is 10.3 Å². The number of nitrogens with zero attached hydrogens (tertiary/aromatic N) is 5. The summed E-state index contributed by atoms with van der Waals surface area (Å²) >= 11 is 3.45. The molecule has 0 saturated carbocycles. The van der Waals surface area contributed by atoms with Crippen LogP contribution in [0.5, 0.6) is 0 Å². The molecule has 0 N–H and O–H groups in total. The van der Waals surface area contributed by atoms with Crippen LogP contribution in [0.1, 0.15) is 43.4 Å². The molecule has 0 unspecified atom stereocenters. The van der Waals surface area contributed by atoms with Crippen molar-refractivity contribution in [2.75, 3.05) is 0 Å². The van der Waals surface area contributed by atoms with Crippen molar-refractivity contribution in [1.29, 1.82) is 0 Å². The fraction of sp³-hybridized carbons (Fsp3) is 0.207. The van der Waals surface area contributed by atoms with Gasteiger partial charge in [0.05, 0.1) is 22.0 Å². The molecule has 0 bridgehead atoms. The number of hydrogen-bond donors (Lipinski definition) is 0. The fourth-order valence-electron chi connectivity index (χ4n) is 4.59. The zero-order valence-electron chi connectivity index (χ0n) is 21.5. The van der Waals surface area contributed by atoms with Gasteiger partial charge in [0.25, 0.3) is 11.2 Å². The monoisotopic (exact) mass is 571 g/mol. The van der Waals surface area contributed by atoms with Gasteiger partial charge in [-0.1, -0.05) is 67.0 Å². The second-order valence-corrected chi connectivity index (χ2v) is 11.2. The number of nitro groups is 1. The van der Waals surface area contributed by atoms with Crippen LogP contribution in [0.15, 0.2) is 81.1 Å². The highest BCUT2D eigenvalue weighted by atomic mass is 79.9. The van der Waals surface area contributed by atoms with Crippen LogP contribution in [0.25, 0.3) is 21.8 Å². The Labute approximate surface area is 227 Å². The SMILES string of the molecule is Cc1c(C=Nn2c(C(C)(C)C)nc3ccc(Br)cc3c2=O)c2ccccc2n1Cc1ccc([N+](=O)[O-])cc1. The zero-order valence-corrected chi connectivity index (χ0v) is 23.1. The first-order chi connectivity index (χ1) is 18.0. The molecule has 0 fully saturated rings. The van der Waals surface area contributed by atoms with E-state index in [-0.39, 0.29) is 11.2 Å². The van der Waals surface area contributed by atoms with Crippen LogP contribution < -0.4 is 5.56 Å². The van der Waals surface area contributed by atoms with Gasteiger partial charge < -0.3 is 4.57 Å². The highest BCUT2D eigenvalue weighted by Gasteiger charge is 2.23. The molecule has 0 aliphatic heterocycles. The second kappa shape index (κ2) is 9.64. The standard InChI is InChI=1S/C29H26BrN5O3/c1-18-24(16-31-34-27(36)23-15-20(30)11-14-25(23)32-28(34)29(2,3)4)22-7-5-6-8-26(22)33(18)17-19-9-12-21(13-10-19)35(37)38/h5-16H,17H2,1-4H3. The van der Waals surface area contributed by atoms with E-state index in [2.05, 4.69) is 20.5 Å². The average molecular weight is 572 g/mol. The zero-order chi connectivity index (χ0) is 27.2. The molecule has 3 aromatic carbocycles. The molecule has 38 heavy (non-hydrogen) atoms. The van der Waals surface area contributed by atoms with Crippen LogP contribution in [0.3, 0.4) is 0 Å². The van der Waals surface area contributed by atoms with Crippen LogP contribution in [0, 0.1) is 17.0 Å². The minimum atomic E-state index is -0.420. The van der Waals surface area contributed by atoms with Gasteiger partial charge in [-0.2, -0.15) is 9.78 Å². The predicted octanol–water partition coefficient (Wildman–Crippen LogP) is 6.56. The summed E-state index contributed by atoms with van der Waals surface area (Å²) in [5.74, 6) is 0.570. The summed E-state index contributed by atoms with van der Waals surface area (Å²) in [6.45, 7) is 8.57. The molecule has 2 aromatic heterocycles. The van der Waals surface area contributed by atoms with Crippen LogP contribution in [0.2, 0.25) is 0 Å². The lowest BCUT2D eigenvalue weighted by molar-refractivity contribution is -0.384. The Morgan fingerprint density at radius 2 is 1.76 bits per heavy atom. The largest absolute Gasteiger partial charge is 0.340 e. The van der Waals surface area contributed by atoms with Crippen molar-refractivity contribution in [3.05, 3.63) is 114 Å². The third kappa shape index (κ3) is 4.65. The Morgan fingerprint density at radius 1 is 1.05 bits per heavy atom. The van der Waals surface area contributed by atoms with Gasteiger partial charge >= 0.3 is 0 Å². The van der Waals surface area contributed by atoms with E-state index in [4.69, 9.17) is 10.1 Å². The van der Waals surface area contributed by atoms with Gasteiger partial charge in [0.2, 0.25) is 0 Å². The van der Waals surface area contributed by atoms with Gasteiger partial charge in [0.1, 0.15) is 5.82 Å². The van der Waals surface area contributed by atoms with Crippen LogP contribution in [0.4, 0.5) is 5.69 Å². The first-order valence-corrected chi connectivity index (χ1v) is 12.9. The van der Waals surface area contributed by atoms with E-state index in [1.54, 1.807) is 24.4 Å². The number of para-hydroxylation sites is 1. The van der Waals surface area contributed by atoms with Gasteiger partial charge in [-0.25, -0.2) is 4.98 Å². The lowest BCUT2D eigenvalue weighted by Crippen LogP contribution is -2.29. The number of non-ortho nitro benzene ring substituents is 1. The molecule has 0 aliphatic rings. The number of nitro benzene ring substituents is 1. The van der Waals surface area contributed by atoms with E-state index in [0.29, 0.717) is 23.3 Å². The molecule has 0 saturated heterocycles. The van der Waals surface area contributed by atoms with Crippen LogP contribution in [-0.4, -0.2) is 25.4 Å². The molecule has 0 radical (unpaired) electrons. The average Bonchev–Trinajstić information content (AvgIpc) is 3.14. The van der Waals surface area contributed by atoms with Crippen LogP contribution >= 0.6 is 15.9 Å². The highest BCUT2D eigenvalue weighted by molar-refractivity contribution is 9.10. The molecule has 8 nitrogen and oxygen atoms in total. The van der Waals surface area contributed by atoms with Gasteiger partial charge in [-0.15, -0.1) is 0 Å². The number of rotatable bonds is 5. The van der Waals surface area contributed by atoms with Gasteiger partial charge in [0.15, 0.2) is 0 Å². The Kier molecular flexibility index (Phi) is 6.48. The molecule has 2 heterocycles. The maximum absolute atomic E-state index is 13.6. The molecule has 9 heteroatoms. The fourth-order valence-corrected chi connectivity index (χ4v) is 4.95. The molecule has 0 aliphatic carbocycles. The van der Waals surface area contributed by atoms with Crippen molar-refractivity contribution < 1.29 is 4.92 Å². The summed E-state index contributed by atoms with van der Waals surface area (Å²) in [5, 5.41) is 17.2. The molecule has 192 valence electrons. The normalized spacial score (nSPS) is 12.1. The Morgan fingerprint density at radius 3 is 2.45 bits per heavy atom. The van der Waals surface area contributed by atoms with E-state index in [1.165, 1.54) is 16.8 Å². The summed E-state index contributed by atoms with van der Waals surface area (Å²) < 4.78 is 4.35. The minimum Gasteiger partial charge on any atom is -0.340 e. The maximum Gasteiger partial charge on any atom is 0.282 e.